The second kappa shape index (κ2) is 5.18. The monoisotopic (exact) mass is 359 g/mol. The molecular formula is C11H12F3NO5S2. The third-order valence-electron chi connectivity index (χ3n) is 3.45. The van der Waals surface area contributed by atoms with E-state index in [4.69, 9.17) is 5.11 Å². The first-order valence-electron chi connectivity index (χ1n) is 6.01. The van der Waals surface area contributed by atoms with Gasteiger partial charge in [-0.05, 0) is 17.9 Å². The molecule has 2 rings (SSSR count). The average molecular weight is 359 g/mol. The van der Waals surface area contributed by atoms with Gasteiger partial charge in [-0.25, -0.2) is 13.2 Å². The zero-order valence-corrected chi connectivity index (χ0v) is 12.8. The molecule has 0 radical (unpaired) electrons. The van der Waals surface area contributed by atoms with Crippen molar-refractivity contribution in [2.45, 2.75) is 30.0 Å². The number of halogens is 3. The molecule has 2 N–H and O–H groups in total. The van der Waals surface area contributed by atoms with E-state index < -0.39 is 57.1 Å². The summed E-state index contributed by atoms with van der Waals surface area (Å²) < 4.78 is 63.7. The van der Waals surface area contributed by atoms with Gasteiger partial charge in [0.25, 0.3) is 0 Å². The number of aromatic carboxylic acids is 1. The van der Waals surface area contributed by atoms with E-state index in [0.717, 1.165) is 0 Å². The standard InChI is InChI=1S/C11H12F3NO5S2/c1-6-4-21-7(9(16)17)8(6)22(19,20)15-3-2-10(18,5-15)11(12,13)14/h4,18H,2-3,5H2,1H3,(H,16,17). The van der Waals surface area contributed by atoms with Gasteiger partial charge in [0.1, 0.15) is 9.77 Å². The van der Waals surface area contributed by atoms with Crippen molar-refractivity contribution in [1.82, 2.24) is 4.31 Å². The molecule has 1 saturated heterocycles. The molecule has 22 heavy (non-hydrogen) atoms. The Morgan fingerprint density at radius 3 is 2.50 bits per heavy atom. The summed E-state index contributed by atoms with van der Waals surface area (Å²) >= 11 is 0.685. The number of aliphatic hydroxyl groups is 1. The summed E-state index contributed by atoms with van der Waals surface area (Å²) in [6, 6.07) is 0. The van der Waals surface area contributed by atoms with Gasteiger partial charge in [0, 0.05) is 13.0 Å². The minimum absolute atomic E-state index is 0.143. The third kappa shape index (κ3) is 2.62. The summed E-state index contributed by atoms with van der Waals surface area (Å²) in [5.41, 5.74) is -2.97. The van der Waals surface area contributed by atoms with Crippen molar-refractivity contribution in [3.8, 4) is 0 Å². The topological polar surface area (TPSA) is 94.9 Å². The van der Waals surface area contributed by atoms with Crippen molar-refractivity contribution in [1.29, 1.82) is 0 Å². The first kappa shape index (κ1) is 17.2. The lowest BCUT2D eigenvalue weighted by atomic mass is 10.0. The highest BCUT2D eigenvalue weighted by Gasteiger charge is 2.59. The van der Waals surface area contributed by atoms with E-state index in [9.17, 15) is 31.5 Å². The number of β-amino-alcohol motifs (C(OH)–C–C–N with tert-alkyl or cyclic N) is 1. The van der Waals surface area contributed by atoms with Gasteiger partial charge in [-0.3, -0.25) is 0 Å². The number of alkyl halides is 3. The van der Waals surface area contributed by atoms with Gasteiger partial charge in [0.05, 0.1) is 6.54 Å². The van der Waals surface area contributed by atoms with Crippen molar-refractivity contribution in [2.75, 3.05) is 13.1 Å². The number of hydrogen-bond acceptors (Lipinski definition) is 5. The summed E-state index contributed by atoms with van der Waals surface area (Å²) in [5.74, 6) is -1.47. The van der Waals surface area contributed by atoms with Crippen LogP contribution in [0.5, 0.6) is 0 Å². The SMILES string of the molecule is Cc1csc(C(=O)O)c1S(=O)(=O)N1CCC(O)(C(F)(F)F)C1. The molecule has 1 fully saturated rings. The fraction of sp³-hybridized carbons (Fsp3) is 0.545. The van der Waals surface area contributed by atoms with Crippen LogP contribution in [0.2, 0.25) is 0 Å². The molecule has 0 aliphatic carbocycles. The van der Waals surface area contributed by atoms with Crippen LogP contribution in [0.15, 0.2) is 10.3 Å². The third-order valence-corrected chi connectivity index (χ3v) is 6.70. The summed E-state index contributed by atoms with van der Waals surface area (Å²) in [6.07, 6.45) is -5.75. The van der Waals surface area contributed by atoms with Crippen LogP contribution in [0.1, 0.15) is 21.7 Å². The van der Waals surface area contributed by atoms with Crippen LogP contribution in [0.4, 0.5) is 13.2 Å². The van der Waals surface area contributed by atoms with Crippen LogP contribution < -0.4 is 0 Å². The minimum atomic E-state index is -4.96. The lowest BCUT2D eigenvalue weighted by molar-refractivity contribution is -0.252. The molecule has 1 aliphatic rings. The van der Waals surface area contributed by atoms with Crippen molar-refractivity contribution in [2.24, 2.45) is 0 Å². The number of carboxylic acids is 1. The molecule has 0 aromatic carbocycles. The van der Waals surface area contributed by atoms with E-state index in [1.54, 1.807) is 0 Å². The number of sulfonamides is 1. The van der Waals surface area contributed by atoms with E-state index in [-0.39, 0.29) is 5.56 Å². The Labute approximate surface area is 127 Å². The molecule has 1 aromatic rings. The molecule has 124 valence electrons. The van der Waals surface area contributed by atoms with Gasteiger partial charge in [-0.2, -0.15) is 17.5 Å². The Kier molecular flexibility index (Phi) is 4.05. The van der Waals surface area contributed by atoms with Crippen LogP contribution in [0.3, 0.4) is 0 Å². The first-order chi connectivity index (χ1) is 9.90. The van der Waals surface area contributed by atoms with Gasteiger partial charge in [0.2, 0.25) is 10.0 Å². The fourth-order valence-electron chi connectivity index (χ4n) is 2.23. The Morgan fingerprint density at radius 1 is 1.45 bits per heavy atom. The minimum Gasteiger partial charge on any atom is -0.477 e. The highest BCUT2D eigenvalue weighted by Crippen LogP contribution is 2.40. The maximum Gasteiger partial charge on any atom is 0.418 e. The first-order valence-corrected chi connectivity index (χ1v) is 8.33. The van der Waals surface area contributed by atoms with Crippen LogP contribution in [-0.2, 0) is 10.0 Å². The Morgan fingerprint density at radius 2 is 2.05 bits per heavy atom. The predicted molar refractivity (Wildman–Crippen MR) is 70.4 cm³/mol. The molecule has 1 aliphatic heterocycles. The number of aryl methyl sites for hydroxylation is 1. The molecule has 1 atom stereocenters. The largest absolute Gasteiger partial charge is 0.477 e. The van der Waals surface area contributed by atoms with Crippen molar-refractivity contribution in [3.05, 3.63) is 15.8 Å². The molecule has 1 aromatic heterocycles. The van der Waals surface area contributed by atoms with Gasteiger partial charge in [-0.15, -0.1) is 11.3 Å². The van der Waals surface area contributed by atoms with E-state index >= 15 is 0 Å². The Bertz CT molecular complexity index is 712. The number of nitrogens with zero attached hydrogens (tertiary/aromatic N) is 1. The lowest BCUT2D eigenvalue weighted by Crippen LogP contribution is -2.48. The molecule has 0 spiro atoms. The van der Waals surface area contributed by atoms with Crippen LogP contribution in [0, 0.1) is 6.92 Å². The van der Waals surface area contributed by atoms with Gasteiger partial charge in [-0.1, -0.05) is 0 Å². The second-order valence-electron chi connectivity index (χ2n) is 5.00. The smallest absolute Gasteiger partial charge is 0.418 e. The number of carbonyl (C=O) groups is 1. The summed E-state index contributed by atoms with van der Waals surface area (Å²) in [5, 5.41) is 19.9. The highest BCUT2D eigenvalue weighted by atomic mass is 32.2. The predicted octanol–water partition coefficient (Wildman–Crippen LogP) is 1.44. The van der Waals surface area contributed by atoms with E-state index in [2.05, 4.69) is 0 Å². The zero-order valence-electron chi connectivity index (χ0n) is 11.2. The van der Waals surface area contributed by atoms with Crippen molar-refractivity contribution in [3.63, 3.8) is 0 Å². The lowest BCUT2D eigenvalue weighted by Gasteiger charge is -2.25. The summed E-state index contributed by atoms with van der Waals surface area (Å²) in [7, 11) is -4.43. The zero-order chi connectivity index (χ0) is 16.9. The maximum atomic E-state index is 12.8. The van der Waals surface area contributed by atoms with E-state index in [1.165, 1.54) is 12.3 Å². The molecule has 11 heteroatoms. The second-order valence-corrected chi connectivity index (χ2v) is 7.75. The van der Waals surface area contributed by atoms with Crippen molar-refractivity contribution < 1.29 is 36.6 Å². The van der Waals surface area contributed by atoms with E-state index in [0.29, 0.717) is 15.6 Å². The maximum absolute atomic E-state index is 12.8. The Balaban J connectivity index is 2.42. The van der Waals surface area contributed by atoms with Gasteiger partial charge in [0.15, 0.2) is 5.60 Å². The molecule has 1 unspecified atom stereocenters. The highest BCUT2D eigenvalue weighted by molar-refractivity contribution is 7.89. The molecule has 2 heterocycles. The summed E-state index contributed by atoms with van der Waals surface area (Å²) in [4.78, 5) is 10.1. The van der Waals surface area contributed by atoms with E-state index in [1.807, 2.05) is 0 Å². The molecule has 0 bridgehead atoms. The number of rotatable bonds is 3. The van der Waals surface area contributed by atoms with Crippen LogP contribution >= 0.6 is 11.3 Å². The fourth-order valence-corrected chi connectivity index (χ4v) is 5.30. The molecular weight excluding hydrogens is 347 g/mol. The molecule has 6 nitrogen and oxygen atoms in total. The number of thiophene rings is 1. The van der Waals surface area contributed by atoms with Gasteiger partial charge >= 0.3 is 12.1 Å². The average Bonchev–Trinajstić information content (AvgIpc) is 2.93. The van der Waals surface area contributed by atoms with Crippen LogP contribution in [0.25, 0.3) is 0 Å². The number of carboxylic acid groups (broad SMARTS) is 1. The van der Waals surface area contributed by atoms with Crippen LogP contribution in [-0.4, -0.2) is 53.8 Å². The Hall–Kier alpha value is -1.17. The quantitative estimate of drug-likeness (QED) is 0.852. The van der Waals surface area contributed by atoms with Gasteiger partial charge < -0.3 is 10.2 Å². The normalized spacial score (nSPS) is 23.9. The number of hydrogen-bond donors (Lipinski definition) is 2. The summed E-state index contributed by atoms with van der Waals surface area (Å²) in [6.45, 7) is -0.318. The van der Waals surface area contributed by atoms with Crippen molar-refractivity contribution >= 4 is 27.3 Å². The molecule has 0 amide bonds. The molecule has 0 saturated carbocycles.